The van der Waals surface area contributed by atoms with E-state index in [1.807, 2.05) is 37.3 Å². The number of hydrogen-bond acceptors (Lipinski definition) is 3. The molecule has 1 fully saturated rings. The van der Waals surface area contributed by atoms with Crippen LogP contribution < -0.4 is 4.90 Å². The summed E-state index contributed by atoms with van der Waals surface area (Å²) in [5.41, 5.74) is 2.38. The Labute approximate surface area is 144 Å². The summed E-state index contributed by atoms with van der Waals surface area (Å²) in [5.74, 6) is 0.311. The highest BCUT2D eigenvalue weighted by Crippen LogP contribution is 2.31. The molecule has 21 heavy (non-hydrogen) atoms. The van der Waals surface area contributed by atoms with Gasteiger partial charge < -0.3 is 9.08 Å². The van der Waals surface area contributed by atoms with Crippen molar-refractivity contribution in [3.8, 4) is 0 Å². The van der Waals surface area contributed by atoms with Gasteiger partial charge in [-0.1, -0.05) is 12.7 Å². The number of carbonyl (C=O) groups is 1. The van der Waals surface area contributed by atoms with Crippen molar-refractivity contribution >= 4 is 47.1 Å². The van der Waals surface area contributed by atoms with Crippen molar-refractivity contribution in [2.75, 3.05) is 11.4 Å². The predicted octanol–water partition coefficient (Wildman–Crippen LogP) is 4.28. The van der Waals surface area contributed by atoms with Crippen molar-refractivity contribution in [1.82, 2.24) is 0 Å². The number of allylic oxidation sites excluding steroid dienone is 2. The van der Waals surface area contributed by atoms with E-state index in [0.29, 0.717) is 17.9 Å². The molecule has 0 bridgehead atoms. The Morgan fingerprint density at radius 3 is 2.62 bits per heavy atom. The SMILES string of the molecule is C=C/C(OS)=C1/C(=O)N(c2ccc(I)cc2)CC/C1=C/C. The zero-order chi connectivity index (χ0) is 15.4. The number of nitrogens with zero attached hydrogens (tertiary/aromatic N) is 1. The molecular formula is C16H16INO2S. The number of rotatable bonds is 3. The van der Waals surface area contributed by atoms with Crippen LogP contribution >= 0.6 is 35.5 Å². The molecule has 0 saturated carbocycles. The standard InChI is InChI=1S/C16H16INO2S/c1-3-11-9-10-18(13-7-5-12(17)6-8-13)16(19)15(11)14(4-2)20-21/h3-8,21H,2,9-10H2,1H3/b11-3-,15-14-. The van der Waals surface area contributed by atoms with Crippen LogP contribution in [0.4, 0.5) is 5.69 Å². The molecule has 1 saturated heterocycles. The molecule has 1 aliphatic rings. The Kier molecular flexibility index (Phi) is 5.52. The molecule has 1 aromatic rings. The van der Waals surface area contributed by atoms with Gasteiger partial charge in [0.15, 0.2) is 0 Å². The molecule has 0 spiro atoms. The molecule has 1 amide bonds. The normalized spacial score (nSPS) is 19.7. The molecule has 1 aromatic carbocycles. The maximum absolute atomic E-state index is 12.8. The number of anilines is 1. The third kappa shape index (κ3) is 3.35. The summed E-state index contributed by atoms with van der Waals surface area (Å²) in [7, 11) is 0. The van der Waals surface area contributed by atoms with Crippen LogP contribution in [0.1, 0.15) is 13.3 Å². The van der Waals surface area contributed by atoms with E-state index >= 15 is 0 Å². The maximum atomic E-state index is 12.8. The van der Waals surface area contributed by atoms with E-state index in [2.05, 4.69) is 42.1 Å². The fourth-order valence-electron chi connectivity index (χ4n) is 2.34. The lowest BCUT2D eigenvalue weighted by atomic mass is 9.95. The average molecular weight is 413 g/mol. The fourth-order valence-corrected chi connectivity index (χ4v) is 2.86. The maximum Gasteiger partial charge on any atom is 0.262 e. The molecule has 5 heteroatoms. The van der Waals surface area contributed by atoms with Gasteiger partial charge in [0.1, 0.15) is 5.76 Å². The molecular weight excluding hydrogens is 397 g/mol. The lowest BCUT2D eigenvalue weighted by Gasteiger charge is -2.30. The first-order valence-corrected chi connectivity index (χ1v) is 7.98. The Balaban J connectivity index is 2.45. The monoisotopic (exact) mass is 413 g/mol. The van der Waals surface area contributed by atoms with Crippen LogP contribution in [-0.2, 0) is 8.98 Å². The first-order chi connectivity index (χ1) is 10.1. The van der Waals surface area contributed by atoms with Gasteiger partial charge in [-0.05, 0) is 71.9 Å². The van der Waals surface area contributed by atoms with Crippen LogP contribution in [0.25, 0.3) is 0 Å². The Morgan fingerprint density at radius 1 is 1.43 bits per heavy atom. The minimum absolute atomic E-state index is 0.0838. The molecule has 3 nitrogen and oxygen atoms in total. The Morgan fingerprint density at radius 2 is 2.10 bits per heavy atom. The molecule has 0 aliphatic carbocycles. The van der Waals surface area contributed by atoms with E-state index in [1.54, 1.807) is 4.90 Å². The zero-order valence-corrected chi connectivity index (χ0v) is 14.7. The lowest BCUT2D eigenvalue weighted by molar-refractivity contribution is -0.115. The number of halogens is 1. The van der Waals surface area contributed by atoms with Crippen molar-refractivity contribution in [3.63, 3.8) is 0 Å². The van der Waals surface area contributed by atoms with Crippen molar-refractivity contribution in [2.24, 2.45) is 0 Å². The highest BCUT2D eigenvalue weighted by molar-refractivity contribution is 14.1. The second kappa shape index (κ2) is 7.17. The van der Waals surface area contributed by atoms with Gasteiger partial charge in [0.05, 0.1) is 5.57 Å². The van der Waals surface area contributed by atoms with Crippen LogP contribution in [0.15, 0.2) is 59.9 Å². The van der Waals surface area contributed by atoms with E-state index in [0.717, 1.165) is 21.3 Å². The summed E-state index contributed by atoms with van der Waals surface area (Å²) in [5, 5.41) is 0. The molecule has 0 radical (unpaired) electrons. The number of carbonyl (C=O) groups excluding carboxylic acids is 1. The van der Waals surface area contributed by atoms with Gasteiger partial charge in [-0.25, -0.2) is 0 Å². The van der Waals surface area contributed by atoms with E-state index in [-0.39, 0.29) is 5.91 Å². The van der Waals surface area contributed by atoms with E-state index in [1.165, 1.54) is 6.08 Å². The molecule has 2 rings (SSSR count). The second-order valence-electron chi connectivity index (χ2n) is 4.53. The fraction of sp³-hybridized carbons (Fsp3) is 0.188. The molecule has 110 valence electrons. The molecule has 0 atom stereocenters. The van der Waals surface area contributed by atoms with E-state index < -0.39 is 0 Å². The number of piperidine rings is 1. The van der Waals surface area contributed by atoms with Crippen LogP contribution in [0.3, 0.4) is 0 Å². The van der Waals surface area contributed by atoms with E-state index in [9.17, 15) is 4.79 Å². The first-order valence-electron chi connectivity index (χ1n) is 6.53. The van der Waals surface area contributed by atoms with Gasteiger partial charge in [0.2, 0.25) is 0 Å². The zero-order valence-electron chi connectivity index (χ0n) is 11.7. The van der Waals surface area contributed by atoms with Gasteiger partial charge in [0, 0.05) is 28.7 Å². The van der Waals surface area contributed by atoms with Crippen molar-refractivity contribution in [2.45, 2.75) is 13.3 Å². The molecule has 1 aliphatic heterocycles. The van der Waals surface area contributed by atoms with Gasteiger partial charge >= 0.3 is 0 Å². The first kappa shape index (κ1) is 16.2. The summed E-state index contributed by atoms with van der Waals surface area (Å²) in [6, 6.07) is 7.88. The average Bonchev–Trinajstić information content (AvgIpc) is 2.51. The number of hydrogen-bond donors (Lipinski definition) is 1. The van der Waals surface area contributed by atoms with Gasteiger partial charge in [-0.3, -0.25) is 4.79 Å². The van der Waals surface area contributed by atoms with E-state index in [4.69, 9.17) is 4.18 Å². The smallest absolute Gasteiger partial charge is 0.262 e. The van der Waals surface area contributed by atoms with Crippen LogP contribution in [-0.4, -0.2) is 12.5 Å². The quantitative estimate of drug-likeness (QED) is 0.264. The van der Waals surface area contributed by atoms with Crippen molar-refractivity contribution < 1.29 is 8.98 Å². The molecule has 1 heterocycles. The number of thiol groups is 1. The number of amides is 1. The molecule has 0 N–H and O–H groups in total. The molecule has 0 unspecified atom stereocenters. The second-order valence-corrected chi connectivity index (χ2v) is 5.96. The highest BCUT2D eigenvalue weighted by Gasteiger charge is 2.30. The summed E-state index contributed by atoms with van der Waals surface area (Å²) in [6.45, 7) is 6.26. The van der Waals surface area contributed by atoms with Gasteiger partial charge in [0.25, 0.3) is 5.91 Å². The topological polar surface area (TPSA) is 29.5 Å². The summed E-state index contributed by atoms with van der Waals surface area (Å²) in [4.78, 5) is 14.6. The summed E-state index contributed by atoms with van der Waals surface area (Å²) < 4.78 is 6.15. The third-order valence-electron chi connectivity index (χ3n) is 3.40. The van der Waals surface area contributed by atoms with Crippen LogP contribution in [0.5, 0.6) is 0 Å². The summed E-state index contributed by atoms with van der Waals surface area (Å²) in [6.07, 6.45) is 4.23. The van der Waals surface area contributed by atoms with Crippen LogP contribution in [0, 0.1) is 3.57 Å². The van der Waals surface area contributed by atoms with Crippen molar-refractivity contribution in [1.29, 1.82) is 0 Å². The highest BCUT2D eigenvalue weighted by atomic mass is 127. The Bertz CT molecular complexity index is 620. The van der Waals surface area contributed by atoms with Gasteiger partial charge in [-0.15, -0.1) is 0 Å². The predicted molar refractivity (Wildman–Crippen MR) is 97.2 cm³/mol. The lowest BCUT2D eigenvalue weighted by Crippen LogP contribution is -2.38. The van der Waals surface area contributed by atoms with Crippen molar-refractivity contribution in [3.05, 3.63) is 63.5 Å². The summed E-state index contributed by atoms with van der Waals surface area (Å²) >= 11 is 6.07. The minimum atomic E-state index is -0.0838. The largest absolute Gasteiger partial charge is 0.428 e. The molecule has 0 aromatic heterocycles. The van der Waals surface area contributed by atoms with Gasteiger partial charge in [-0.2, -0.15) is 0 Å². The van der Waals surface area contributed by atoms with Crippen LogP contribution in [0.2, 0.25) is 0 Å². The minimum Gasteiger partial charge on any atom is -0.428 e. The third-order valence-corrected chi connectivity index (χ3v) is 4.32. The Hall–Kier alpha value is -1.21. The number of benzene rings is 1.